The third-order valence-corrected chi connectivity index (χ3v) is 5.02. The minimum Gasteiger partial charge on any atom is -0.485 e. The van der Waals surface area contributed by atoms with Gasteiger partial charge in [-0.1, -0.05) is 18.2 Å². The van der Waals surface area contributed by atoms with Crippen molar-refractivity contribution in [2.45, 2.75) is 32.5 Å². The molecule has 0 bridgehead atoms. The van der Waals surface area contributed by atoms with Crippen LogP contribution < -0.4 is 10.2 Å². The van der Waals surface area contributed by atoms with Crippen LogP contribution in [0.15, 0.2) is 66.1 Å². The number of aryl methyl sites for hydroxylation is 1. The van der Waals surface area contributed by atoms with Crippen molar-refractivity contribution in [3.63, 3.8) is 0 Å². The number of ether oxygens (including phenoxy) is 1. The first-order valence-corrected chi connectivity index (χ1v) is 10.2. The Morgan fingerprint density at radius 3 is 2.59 bits per heavy atom. The number of rotatable bonds is 7. The zero-order valence-corrected chi connectivity index (χ0v) is 18.1. The fourth-order valence-electron chi connectivity index (χ4n) is 3.09. The van der Waals surface area contributed by atoms with Crippen molar-refractivity contribution in [1.29, 1.82) is 0 Å². The number of aliphatic hydroxyl groups excluding tert-OH is 1. The number of hydrogen-bond acceptors (Lipinski definition) is 7. The van der Waals surface area contributed by atoms with E-state index in [9.17, 15) is 9.90 Å². The number of aliphatic hydroxyl groups is 1. The Balaban J connectivity index is 1.54. The molecule has 0 aliphatic rings. The van der Waals surface area contributed by atoms with Gasteiger partial charge in [0.05, 0.1) is 30.9 Å². The monoisotopic (exact) mass is 432 g/mol. The maximum absolute atomic E-state index is 12.4. The summed E-state index contributed by atoms with van der Waals surface area (Å²) in [5.41, 5.74) is 2.83. The standard InChI is InChI=1S/C23H24N6O3/c1-15(30)16(2)32-20-12-24-23(25-13-20)18-6-4-5-17(9-18)10-21-22(31)7-8-29(27-21)19-11-26-28(3)14-19/h4-9,11-16,30H,10H2,1-3H3/t15-,16?/m0/s1. The van der Waals surface area contributed by atoms with Gasteiger partial charge in [-0.05, 0) is 25.5 Å². The largest absolute Gasteiger partial charge is 0.485 e. The van der Waals surface area contributed by atoms with Gasteiger partial charge in [0.2, 0.25) is 5.43 Å². The van der Waals surface area contributed by atoms with E-state index in [2.05, 4.69) is 20.2 Å². The molecule has 9 nitrogen and oxygen atoms in total. The summed E-state index contributed by atoms with van der Waals surface area (Å²) in [6.45, 7) is 3.44. The van der Waals surface area contributed by atoms with Crippen LogP contribution in [0, 0.1) is 0 Å². The van der Waals surface area contributed by atoms with Crippen LogP contribution in [-0.4, -0.2) is 46.8 Å². The maximum Gasteiger partial charge on any atom is 0.203 e. The average molecular weight is 432 g/mol. The molecule has 1 aromatic carbocycles. The summed E-state index contributed by atoms with van der Waals surface area (Å²) in [6, 6.07) is 9.20. The zero-order valence-electron chi connectivity index (χ0n) is 18.1. The van der Waals surface area contributed by atoms with Crippen LogP contribution in [0.2, 0.25) is 0 Å². The fraction of sp³-hybridized carbons (Fsp3) is 0.261. The van der Waals surface area contributed by atoms with Gasteiger partial charge in [-0.2, -0.15) is 10.2 Å². The van der Waals surface area contributed by atoms with Crippen LogP contribution in [0.5, 0.6) is 5.75 Å². The molecular weight excluding hydrogens is 408 g/mol. The van der Waals surface area contributed by atoms with E-state index in [4.69, 9.17) is 4.74 Å². The summed E-state index contributed by atoms with van der Waals surface area (Å²) in [7, 11) is 1.83. The molecule has 1 unspecified atom stereocenters. The van der Waals surface area contributed by atoms with E-state index in [-0.39, 0.29) is 11.5 Å². The topological polar surface area (TPSA) is 108 Å². The minimum atomic E-state index is -0.597. The maximum atomic E-state index is 12.4. The highest BCUT2D eigenvalue weighted by molar-refractivity contribution is 5.56. The molecule has 9 heteroatoms. The van der Waals surface area contributed by atoms with E-state index in [1.54, 1.807) is 48.0 Å². The van der Waals surface area contributed by atoms with Crippen LogP contribution in [-0.2, 0) is 13.5 Å². The third-order valence-electron chi connectivity index (χ3n) is 5.02. The van der Waals surface area contributed by atoms with Crippen LogP contribution in [0.3, 0.4) is 0 Å². The van der Waals surface area contributed by atoms with Gasteiger partial charge in [0.15, 0.2) is 11.6 Å². The molecule has 3 aromatic heterocycles. The lowest BCUT2D eigenvalue weighted by molar-refractivity contribution is 0.0600. The second-order valence-electron chi connectivity index (χ2n) is 7.63. The fourth-order valence-corrected chi connectivity index (χ4v) is 3.09. The lowest BCUT2D eigenvalue weighted by Gasteiger charge is -2.16. The van der Waals surface area contributed by atoms with E-state index in [1.807, 2.05) is 37.5 Å². The second-order valence-corrected chi connectivity index (χ2v) is 7.63. The predicted octanol–water partition coefficient (Wildman–Crippen LogP) is 2.16. The molecule has 2 atom stereocenters. The molecule has 3 heterocycles. The van der Waals surface area contributed by atoms with Crippen molar-refractivity contribution < 1.29 is 9.84 Å². The van der Waals surface area contributed by atoms with Gasteiger partial charge in [0.25, 0.3) is 0 Å². The first-order valence-electron chi connectivity index (χ1n) is 10.2. The molecule has 32 heavy (non-hydrogen) atoms. The van der Waals surface area contributed by atoms with Crippen molar-refractivity contribution >= 4 is 0 Å². The van der Waals surface area contributed by atoms with E-state index in [0.717, 1.165) is 16.8 Å². The van der Waals surface area contributed by atoms with Crippen molar-refractivity contribution in [2.75, 3.05) is 0 Å². The molecule has 0 spiro atoms. The van der Waals surface area contributed by atoms with Gasteiger partial charge in [0, 0.05) is 31.3 Å². The van der Waals surface area contributed by atoms with E-state index in [1.165, 1.54) is 6.07 Å². The van der Waals surface area contributed by atoms with Crippen molar-refractivity contribution in [3.05, 3.63) is 82.8 Å². The lowest BCUT2D eigenvalue weighted by Crippen LogP contribution is -2.25. The molecule has 0 radical (unpaired) electrons. The van der Waals surface area contributed by atoms with Crippen LogP contribution >= 0.6 is 0 Å². The average Bonchev–Trinajstić information content (AvgIpc) is 3.22. The van der Waals surface area contributed by atoms with Gasteiger partial charge < -0.3 is 9.84 Å². The van der Waals surface area contributed by atoms with Gasteiger partial charge in [-0.25, -0.2) is 14.6 Å². The van der Waals surface area contributed by atoms with E-state index < -0.39 is 6.10 Å². The summed E-state index contributed by atoms with van der Waals surface area (Å²) in [4.78, 5) is 21.1. The molecular formula is C23H24N6O3. The Kier molecular flexibility index (Phi) is 6.09. The molecule has 0 aliphatic carbocycles. The highest BCUT2D eigenvalue weighted by atomic mass is 16.5. The van der Waals surface area contributed by atoms with Crippen LogP contribution in [0.25, 0.3) is 17.1 Å². The van der Waals surface area contributed by atoms with Crippen molar-refractivity contribution in [3.8, 4) is 22.8 Å². The molecule has 0 amide bonds. The third kappa shape index (κ3) is 4.89. The highest BCUT2D eigenvalue weighted by Crippen LogP contribution is 2.20. The Hall–Kier alpha value is -3.85. The molecule has 164 valence electrons. The molecule has 1 N–H and O–H groups in total. The number of benzene rings is 1. The van der Waals surface area contributed by atoms with Crippen LogP contribution in [0.1, 0.15) is 25.1 Å². The van der Waals surface area contributed by atoms with Crippen molar-refractivity contribution in [2.24, 2.45) is 7.05 Å². The minimum absolute atomic E-state index is 0.125. The first-order chi connectivity index (χ1) is 15.4. The normalized spacial score (nSPS) is 13.0. The van der Waals surface area contributed by atoms with E-state index >= 15 is 0 Å². The summed E-state index contributed by atoms with van der Waals surface area (Å²) >= 11 is 0. The van der Waals surface area contributed by atoms with Gasteiger partial charge in [-0.3, -0.25) is 9.48 Å². The number of aromatic nitrogens is 6. The van der Waals surface area contributed by atoms with Gasteiger partial charge in [0.1, 0.15) is 17.5 Å². The lowest BCUT2D eigenvalue weighted by atomic mass is 10.1. The molecule has 0 saturated heterocycles. The molecule has 4 rings (SSSR count). The molecule has 0 fully saturated rings. The zero-order chi connectivity index (χ0) is 22.7. The summed E-state index contributed by atoms with van der Waals surface area (Å²) in [5.74, 6) is 1.03. The van der Waals surface area contributed by atoms with Crippen molar-refractivity contribution in [1.82, 2.24) is 29.5 Å². The highest BCUT2D eigenvalue weighted by Gasteiger charge is 2.12. The first kappa shape index (κ1) is 21.4. The van der Waals surface area contributed by atoms with Crippen LogP contribution in [0.4, 0.5) is 0 Å². The second kappa shape index (κ2) is 9.11. The molecule has 0 aliphatic heterocycles. The Labute approximate surface area is 185 Å². The quantitative estimate of drug-likeness (QED) is 0.477. The van der Waals surface area contributed by atoms with Gasteiger partial charge >= 0.3 is 0 Å². The molecule has 0 saturated carbocycles. The summed E-state index contributed by atoms with van der Waals surface area (Å²) in [5, 5.41) is 18.2. The summed E-state index contributed by atoms with van der Waals surface area (Å²) < 4.78 is 8.93. The van der Waals surface area contributed by atoms with E-state index in [0.29, 0.717) is 23.7 Å². The number of nitrogens with zero attached hydrogens (tertiary/aromatic N) is 6. The molecule has 4 aromatic rings. The smallest absolute Gasteiger partial charge is 0.203 e. The van der Waals surface area contributed by atoms with Gasteiger partial charge in [-0.15, -0.1) is 0 Å². The SMILES string of the molecule is CC(Oc1cnc(-c2cccc(Cc3nn(-c4cnn(C)c4)ccc3=O)c2)nc1)[C@H](C)O. The Morgan fingerprint density at radius 2 is 1.91 bits per heavy atom. The Bertz CT molecular complexity index is 1260. The Morgan fingerprint density at radius 1 is 1.12 bits per heavy atom. The summed E-state index contributed by atoms with van der Waals surface area (Å²) in [6.07, 6.45) is 7.74. The predicted molar refractivity (Wildman–Crippen MR) is 119 cm³/mol. The number of hydrogen-bond donors (Lipinski definition) is 1.